The number of benzene rings is 1. The fraction of sp³-hybridized carbons (Fsp3) is 0.500. The highest BCUT2D eigenvalue weighted by molar-refractivity contribution is 7.99. The molecule has 92 valence electrons. The average molecular weight is 250 g/mol. The van der Waals surface area contributed by atoms with Crippen LogP contribution in [0.3, 0.4) is 0 Å². The summed E-state index contributed by atoms with van der Waals surface area (Å²) in [5.41, 5.74) is 3.01. The zero-order valence-corrected chi connectivity index (χ0v) is 10.8. The Kier molecular flexibility index (Phi) is 4.49. The molecule has 2 nitrogen and oxygen atoms in total. The van der Waals surface area contributed by atoms with E-state index in [9.17, 15) is 4.79 Å². The summed E-state index contributed by atoms with van der Waals surface area (Å²) in [6.45, 7) is 0. The summed E-state index contributed by atoms with van der Waals surface area (Å²) in [7, 11) is 0. The number of carbonyl (C=O) groups is 1. The number of aryl methyl sites for hydroxylation is 2. The van der Waals surface area contributed by atoms with Gasteiger partial charge >= 0.3 is 5.97 Å². The minimum Gasteiger partial charge on any atom is -0.481 e. The van der Waals surface area contributed by atoms with E-state index in [4.69, 9.17) is 5.11 Å². The second kappa shape index (κ2) is 6.10. The first-order valence-corrected chi connectivity index (χ1v) is 7.20. The quantitative estimate of drug-likeness (QED) is 0.641. The van der Waals surface area contributed by atoms with Gasteiger partial charge in [0.15, 0.2) is 0 Å². The summed E-state index contributed by atoms with van der Waals surface area (Å²) in [5, 5.41) is 8.56. The number of fused-ring (bicyclic) bond motifs is 1. The van der Waals surface area contributed by atoms with Gasteiger partial charge in [-0.2, -0.15) is 0 Å². The highest BCUT2D eigenvalue weighted by atomic mass is 32.2. The molecule has 3 heteroatoms. The van der Waals surface area contributed by atoms with Gasteiger partial charge in [0.2, 0.25) is 0 Å². The van der Waals surface area contributed by atoms with Crippen molar-refractivity contribution in [3.63, 3.8) is 0 Å². The van der Waals surface area contributed by atoms with Crippen molar-refractivity contribution in [3.8, 4) is 0 Å². The van der Waals surface area contributed by atoms with Gasteiger partial charge in [0.1, 0.15) is 0 Å². The van der Waals surface area contributed by atoms with E-state index in [-0.39, 0.29) is 6.42 Å². The van der Waals surface area contributed by atoms with Gasteiger partial charge in [0.05, 0.1) is 0 Å². The third kappa shape index (κ3) is 3.77. The number of rotatable bonds is 5. The van der Waals surface area contributed by atoms with Crippen LogP contribution < -0.4 is 0 Å². The third-order valence-electron chi connectivity index (χ3n) is 3.12. The summed E-state index contributed by atoms with van der Waals surface area (Å²) in [4.78, 5) is 11.7. The van der Waals surface area contributed by atoms with Crippen LogP contribution in [-0.4, -0.2) is 16.8 Å². The molecule has 0 radical (unpaired) electrons. The van der Waals surface area contributed by atoms with Crippen molar-refractivity contribution in [1.82, 2.24) is 0 Å². The lowest BCUT2D eigenvalue weighted by Crippen LogP contribution is -2.02. The van der Waals surface area contributed by atoms with Crippen molar-refractivity contribution >= 4 is 17.7 Å². The summed E-state index contributed by atoms with van der Waals surface area (Å²) in [5.74, 6) is 0.196. The monoisotopic (exact) mass is 250 g/mol. The van der Waals surface area contributed by atoms with Gasteiger partial charge < -0.3 is 5.11 Å². The third-order valence-corrected chi connectivity index (χ3v) is 4.20. The Hall–Kier alpha value is -0.960. The zero-order valence-electron chi connectivity index (χ0n) is 9.95. The molecule has 1 aromatic carbocycles. The second-order valence-corrected chi connectivity index (χ2v) is 5.65. The lowest BCUT2D eigenvalue weighted by Gasteiger charge is -2.16. The van der Waals surface area contributed by atoms with Crippen molar-refractivity contribution in [3.05, 3.63) is 29.3 Å². The second-order valence-electron chi connectivity index (χ2n) is 4.48. The van der Waals surface area contributed by atoms with Crippen LogP contribution in [0.5, 0.6) is 0 Å². The minimum absolute atomic E-state index is 0.276. The molecule has 0 bridgehead atoms. The fourth-order valence-electron chi connectivity index (χ4n) is 2.21. The lowest BCUT2D eigenvalue weighted by molar-refractivity contribution is -0.137. The molecule has 0 unspecified atom stereocenters. The van der Waals surface area contributed by atoms with Gasteiger partial charge in [-0.15, -0.1) is 11.8 Å². The molecule has 1 aromatic rings. The number of carboxylic acid groups (broad SMARTS) is 1. The van der Waals surface area contributed by atoms with Gasteiger partial charge in [-0.25, -0.2) is 0 Å². The minimum atomic E-state index is -0.698. The molecule has 2 rings (SSSR count). The van der Waals surface area contributed by atoms with Gasteiger partial charge in [0.25, 0.3) is 0 Å². The van der Waals surface area contributed by atoms with E-state index >= 15 is 0 Å². The molecule has 0 saturated carbocycles. The average Bonchev–Trinajstić information content (AvgIpc) is 2.34. The van der Waals surface area contributed by atoms with Crippen molar-refractivity contribution < 1.29 is 9.90 Å². The molecule has 0 aromatic heterocycles. The molecule has 0 aliphatic heterocycles. The van der Waals surface area contributed by atoms with Crippen LogP contribution in [0.2, 0.25) is 0 Å². The Morgan fingerprint density at radius 1 is 1.24 bits per heavy atom. The van der Waals surface area contributed by atoms with Crippen LogP contribution in [0.25, 0.3) is 0 Å². The van der Waals surface area contributed by atoms with Crippen LogP contribution in [-0.2, 0) is 17.6 Å². The van der Waals surface area contributed by atoms with Crippen molar-refractivity contribution in [2.45, 2.75) is 43.4 Å². The van der Waals surface area contributed by atoms with E-state index in [1.54, 1.807) is 11.8 Å². The first kappa shape index (κ1) is 12.5. The maximum Gasteiger partial charge on any atom is 0.303 e. The smallest absolute Gasteiger partial charge is 0.303 e. The molecule has 0 fully saturated rings. The molecule has 0 saturated heterocycles. The van der Waals surface area contributed by atoms with Gasteiger partial charge in [0, 0.05) is 11.3 Å². The normalized spacial score (nSPS) is 14.4. The molecule has 0 heterocycles. The molecule has 1 aliphatic carbocycles. The number of thioether (sulfide) groups is 1. The first-order chi connectivity index (χ1) is 8.25. The van der Waals surface area contributed by atoms with Crippen LogP contribution in [0.4, 0.5) is 0 Å². The molecule has 0 spiro atoms. The largest absolute Gasteiger partial charge is 0.481 e. The van der Waals surface area contributed by atoms with Gasteiger partial charge in [-0.05, 0) is 61.1 Å². The van der Waals surface area contributed by atoms with Crippen molar-refractivity contribution in [1.29, 1.82) is 0 Å². The van der Waals surface area contributed by atoms with E-state index < -0.39 is 5.97 Å². The first-order valence-electron chi connectivity index (χ1n) is 6.22. The van der Waals surface area contributed by atoms with Crippen LogP contribution >= 0.6 is 11.8 Å². The Bertz CT molecular complexity index is 401. The molecule has 17 heavy (non-hydrogen) atoms. The molecular formula is C14H18O2S. The Morgan fingerprint density at radius 2 is 2.00 bits per heavy atom. The predicted octanol–water partition coefficient (Wildman–Crippen LogP) is 3.52. The van der Waals surface area contributed by atoms with E-state index in [0.717, 1.165) is 12.2 Å². The summed E-state index contributed by atoms with van der Waals surface area (Å²) < 4.78 is 0. The summed E-state index contributed by atoms with van der Waals surface area (Å²) >= 11 is 1.77. The number of hydrogen-bond acceptors (Lipinski definition) is 2. The SMILES string of the molecule is O=C(O)CCCSc1ccc2c(c1)CCCC2. The van der Waals surface area contributed by atoms with Crippen molar-refractivity contribution in [2.24, 2.45) is 0 Å². The maximum absolute atomic E-state index is 10.4. The highest BCUT2D eigenvalue weighted by Crippen LogP contribution is 2.27. The topological polar surface area (TPSA) is 37.3 Å². The number of carboxylic acids is 1. The number of hydrogen-bond donors (Lipinski definition) is 1. The van der Waals surface area contributed by atoms with E-state index in [1.807, 2.05) is 0 Å². The lowest BCUT2D eigenvalue weighted by atomic mass is 9.92. The zero-order chi connectivity index (χ0) is 12.1. The van der Waals surface area contributed by atoms with Crippen LogP contribution in [0.15, 0.2) is 23.1 Å². The van der Waals surface area contributed by atoms with Crippen LogP contribution in [0, 0.1) is 0 Å². The Morgan fingerprint density at radius 3 is 2.76 bits per heavy atom. The summed E-state index contributed by atoms with van der Waals surface area (Å²) in [6, 6.07) is 6.71. The Balaban J connectivity index is 1.86. The summed E-state index contributed by atoms with van der Waals surface area (Å²) in [6.07, 6.45) is 6.07. The molecule has 0 amide bonds. The highest BCUT2D eigenvalue weighted by Gasteiger charge is 2.09. The van der Waals surface area contributed by atoms with E-state index in [0.29, 0.717) is 0 Å². The maximum atomic E-state index is 10.4. The standard InChI is InChI=1S/C14H18O2S/c15-14(16)6-3-9-17-13-8-7-11-4-1-2-5-12(11)10-13/h7-8,10H,1-6,9H2,(H,15,16). The molecular weight excluding hydrogens is 232 g/mol. The molecule has 0 atom stereocenters. The van der Waals surface area contributed by atoms with Crippen LogP contribution in [0.1, 0.15) is 36.8 Å². The Labute approximate surface area is 106 Å². The van der Waals surface area contributed by atoms with Gasteiger partial charge in [-0.1, -0.05) is 6.07 Å². The van der Waals surface area contributed by atoms with E-state index in [1.165, 1.54) is 41.7 Å². The van der Waals surface area contributed by atoms with Crippen molar-refractivity contribution in [2.75, 3.05) is 5.75 Å². The molecule has 1 aliphatic rings. The van der Waals surface area contributed by atoms with E-state index in [2.05, 4.69) is 18.2 Å². The fourth-order valence-corrected chi connectivity index (χ4v) is 3.13. The molecule has 1 N–H and O–H groups in total. The predicted molar refractivity (Wildman–Crippen MR) is 70.7 cm³/mol. The van der Waals surface area contributed by atoms with Gasteiger partial charge in [-0.3, -0.25) is 4.79 Å². The number of aliphatic carboxylic acids is 1.